The first-order chi connectivity index (χ1) is 8.06. The molecule has 2 N–H and O–H groups in total. The molecule has 3 nitrogen and oxygen atoms in total. The van der Waals surface area contributed by atoms with Gasteiger partial charge >= 0.3 is 0 Å². The third-order valence-electron chi connectivity index (χ3n) is 3.47. The number of benzene rings is 1. The van der Waals surface area contributed by atoms with E-state index in [0.29, 0.717) is 23.4 Å². The molecule has 5 heteroatoms. The first kappa shape index (κ1) is 10.8. The van der Waals surface area contributed by atoms with Gasteiger partial charge in [0.1, 0.15) is 5.82 Å². The zero-order chi connectivity index (χ0) is 12.2. The Kier molecular flexibility index (Phi) is 2.30. The average Bonchev–Trinajstić information content (AvgIpc) is 2.51. The van der Waals surface area contributed by atoms with Gasteiger partial charge in [-0.1, -0.05) is 18.5 Å². The highest BCUT2D eigenvalue weighted by Gasteiger charge is 2.29. The Balaban J connectivity index is 2.17. The van der Waals surface area contributed by atoms with Crippen LogP contribution < -0.4 is 5.73 Å². The molecule has 0 aliphatic heterocycles. The number of aromatic nitrogens is 2. The standard InChI is InChI=1S/C12H13ClFN3/c1-6-2-7(3-6)17-11-5-9(14)8(13)4-10(11)16-12(17)15/h4-7H,2-3H2,1H3,(H2,15,16). The number of hydrogen-bond donors (Lipinski definition) is 1. The Labute approximate surface area is 103 Å². The number of nitrogen functional groups attached to an aromatic ring is 1. The van der Waals surface area contributed by atoms with Gasteiger partial charge < -0.3 is 10.3 Å². The van der Waals surface area contributed by atoms with Gasteiger partial charge in [-0.05, 0) is 24.8 Å². The largest absolute Gasteiger partial charge is 0.369 e. The van der Waals surface area contributed by atoms with E-state index in [1.54, 1.807) is 0 Å². The van der Waals surface area contributed by atoms with E-state index in [1.807, 2.05) is 4.57 Å². The first-order valence-corrected chi connectivity index (χ1v) is 6.06. The number of anilines is 1. The minimum absolute atomic E-state index is 0.0872. The number of nitrogens with zero attached hydrogens (tertiary/aromatic N) is 2. The molecule has 0 spiro atoms. The van der Waals surface area contributed by atoms with Crippen molar-refractivity contribution in [3.63, 3.8) is 0 Å². The second-order valence-electron chi connectivity index (χ2n) is 4.83. The van der Waals surface area contributed by atoms with Gasteiger partial charge in [0.25, 0.3) is 0 Å². The van der Waals surface area contributed by atoms with Crippen LogP contribution in [0.2, 0.25) is 5.02 Å². The summed E-state index contributed by atoms with van der Waals surface area (Å²) in [5.41, 5.74) is 7.29. The van der Waals surface area contributed by atoms with Crippen LogP contribution in [0.15, 0.2) is 12.1 Å². The monoisotopic (exact) mass is 253 g/mol. The highest BCUT2D eigenvalue weighted by Crippen LogP contribution is 2.41. The van der Waals surface area contributed by atoms with Crippen molar-refractivity contribution in [1.29, 1.82) is 0 Å². The Morgan fingerprint density at radius 3 is 2.82 bits per heavy atom. The lowest BCUT2D eigenvalue weighted by atomic mass is 9.81. The molecule has 1 aromatic carbocycles. The predicted octanol–water partition coefficient (Wildman–Crippen LogP) is 3.38. The van der Waals surface area contributed by atoms with Crippen molar-refractivity contribution >= 4 is 28.6 Å². The normalized spacial score (nSPS) is 23.9. The van der Waals surface area contributed by atoms with Crippen LogP contribution in [-0.2, 0) is 0 Å². The minimum Gasteiger partial charge on any atom is -0.369 e. The molecule has 2 aromatic rings. The van der Waals surface area contributed by atoms with E-state index in [9.17, 15) is 4.39 Å². The van der Waals surface area contributed by atoms with Gasteiger partial charge in [0.15, 0.2) is 0 Å². The van der Waals surface area contributed by atoms with Crippen molar-refractivity contribution in [3.8, 4) is 0 Å². The van der Waals surface area contributed by atoms with E-state index in [0.717, 1.165) is 18.4 Å². The number of nitrogens with two attached hydrogens (primary N) is 1. The molecule has 1 fully saturated rings. The molecule has 3 rings (SSSR count). The molecular formula is C12H13ClFN3. The third kappa shape index (κ3) is 1.59. The Morgan fingerprint density at radius 2 is 2.18 bits per heavy atom. The van der Waals surface area contributed by atoms with E-state index >= 15 is 0 Å². The molecule has 0 unspecified atom stereocenters. The molecule has 17 heavy (non-hydrogen) atoms. The third-order valence-corrected chi connectivity index (χ3v) is 3.76. The molecule has 1 aliphatic carbocycles. The fraction of sp³-hybridized carbons (Fsp3) is 0.417. The fourth-order valence-electron chi connectivity index (χ4n) is 2.56. The summed E-state index contributed by atoms with van der Waals surface area (Å²) < 4.78 is 15.4. The van der Waals surface area contributed by atoms with Crippen molar-refractivity contribution in [2.24, 2.45) is 5.92 Å². The molecule has 0 amide bonds. The van der Waals surface area contributed by atoms with Crippen molar-refractivity contribution < 1.29 is 4.39 Å². The van der Waals surface area contributed by atoms with Crippen molar-refractivity contribution in [1.82, 2.24) is 9.55 Å². The summed E-state index contributed by atoms with van der Waals surface area (Å²) in [6.07, 6.45) is 2.14. The Morgan fingerprint density at radius 1 is 1.47 bits per heavy atom. The molecule has 0 bridgehead atoms. The predicted molar refractivity (Wildman–Crippen MR) is 66.5 cm³/mol. The van der Waals surface area contributed by atoms with Crippen molar-refractivity contribution in [2.75, 3.05) is 5.73 Å². The number of rotatable bonds is 1. The maximum absolute atomic E-state index is 13.5. The Hall–Kier alpha value is -1.29. The van der Waals surface area contributed by atoms with Gasteiger partial charge in [-0.2, -0.15) is 0 Å². The lowest BCUT2D eigenvalue weighted by Crippen LogP contribution is -2.25. The van der Waals surface area contributed by atoms with Crippen LogP contribution in [-0.4, -0.2) is 9.55 Å². The summed E-state index contributed by atoms with van der Waals surface area (Å²) in [6, 6.07) is 3.29. The van der Waals surface area contributed by atoms with Gasteiger partial charge in [0, 0.05) is 12.1 Å². The molecule has 0 radical (unpaired) electrons. The summed E-state index contributed by atoms with van der Waals surface area (Å²) in [5, 5.41) is 0.0872. The van der Waals surface area contributed by atoms with Gasteiger partial charge in [0.2, 0.25) is 5.95 Å². The average molecular weight is 254 g/mol. The van der Waals surface area contributed by atoms with Crippen LogP contribution in [0, 0.1) is 11.7 Å². The highest BCUT2D eigenvalue weighted by molar-refractivity contribution is 6.31. The molecule has 1 aromatic heterocycles. The molecule has 1 heterocycles. The van der Waals surface area contributed by atoms with Crippen LogP contribution >= 0.6 is 11.6 Å². The van der Waals surface area contributed by atoms with Crippen LogP contribution in [0.3, 0.4) is 0 Å². The van der Waals surface area contributed by atoms with Crippen molar-refractivity contribution in [3.05, 3.63) is 23.0 Å². The lowest BCUT2D eigenvalue weighted by Gasteiger charge is -2.34. The molecule has 1 aliphatic rings. The minimum atomic E-state index is -0.423. The molecular weight excluding hydrogens is 241 g/mol. The van der Waals surface area contributed by atoms with Gasteiger partial charge in [-0.15, -0.1) is 0 Å². The van der Waals surface area contributed by atoms with Crippen LogP contribution in [0.25, 0.3) is 11.0 Å². The smallest absolute Gasteiger partial charge is 0.201 e. The van der Waals surface area contributed by atoms with Gasteiger partial charge in [-0.25, -0.2) is 9.37 Å². The zero-order valence-corrected chi connectivity index (χ0v) is 10.2. The highest BCUT2D eigenvalue weighted by atomic mass is 35.5. The number of hydrogen-bond acceptors (Lipinski definition) is 2. The summed E-state index contributed by atoms with van der Waals surface area (Å²) >= 11 is 5.73. The number of halogens is 2. The first-order valence-electron chi connectivity index (χ1n) is 5.68. The second-order valence-corrected chi connectivity index (χ2v) is 5.23. The maximum Gasteiger partial charge on any atom is 0.201 e. The van der Waals surface area contributed by atoms with Crippen molar-refractivity contribution in [2.45, 2.75) is 25.8 Å². The van der Waals surface area contributed by atoms with Crippen LogP contribution in [0.1, 0.15) is 25.8 Å². The van der Waals surface area contributed by atoms with E-state index in [4.69, 9.17) is 17.3 Å². The number of fused-ring (bicyclic) bond motifs is 1. The molecule has 1 saturated carbocycles. The summed E-state index contributed by atoms with van der Waals surface area (Å²) in [5.74, 6) is 0.722. The summed E-state index contributed by atoms with van der Waals surface area (Å²) in [4.78, 5) is 4.23. The van der Waals surface area contributed by atoms with Gasteiger partial charge in [0.05, 0.1) is 16.1 Å². The van der Waals surface area contributed by atoms with Crippen LogP contribution in [0.5, 0.6) is 0 Å². The van der Waals surface area contributed by atoms with E-state index in [-0.39, 0.29) is 5.02 Å². The van der Waals surface area contributed by atoms with E-state index in [1.165, 1.54) is 12.1 Å². The second kappa shape index (κ2) is 3.60. The Bertz CT molecular complexity index is 587. The quantitative estimate of drug-likeness (QED) is 0.847. The van der Waals surface area contributed by atoms with Gasteiger partial charge in [-0.3, -0.25) is 0 Å². The van der Waals surface area contributed by atoms with E-state index in [2.05, 4.69) is 11.9 Å². The van der Waals surface area contributed by atoms with Crippen LogP contribution in [0.4, 0.5) is 10.3 Å². The molecule has 90 valence electrons. The lowest BCUT2D eigenvalue weighted by molar-refractivity contribution is 0.223. The topological polar surface area (TPSA) is 43.8 Å². The van der Waals surface area contributed by atoms with E-state index < -0.39 is 5.82 Å². The summed E-state index contributed by atoms with van der Waals surface area (Å²) in [7, 11) is 0. The maximum atomic E-state index is 13.5. The SMILES string of the molecule is CC1CC(n2c(N)nc3cc(Cl)c(F)cc32)C1. The molecule has 0 atom stereocenters. The zero-order valence-electron chi connectivity index (χ0n) is 9.45. The fourth-order valence-corrected chi connectivity index (χ4v) is 2.72. The molecule has 0 saturated heterocycles. The summed E-state index contributed by atoms with van der Waals surface area (Å²) in [6.45, 7) is 2.20. The number of imidazole rings is 1.